The molecule has 6 nitrogen and oxygen atoms in total. The molecule has 1 aromatic rings. The molecule has 0 aromatic heterocycles. The maximum atomic E-state index is 12.8. The first-order valence-electron chi connectivity index (χ1n) is 8.15. The van der Waals surface area contributed by atoms with E-state index < -0.39 is 0 Å². The molecule has 1 N–H and O–H groups in total. The van der Waals surface area contributed by atoms with Crippen molar-refractivity contribution in [3.8, 4) is 11.5 Å². The number of fused-ring (bicyclic) bond motifs is 1. The molecule has 0 spiro atoms. The number of carbonyl (C=O) groups is 1. The van der Waals surface area contributed by atoms with Crippen LogP contribution < -0.4 is 14.8 Å². The third kappa shape index (κ3) is 3.95. The molecule has 0 radical (unpaired) electrons. The molecule has 1 unspecified atom stereocenters. The third-order valence-electron chi connectivity index (χ3n) is 4.33. The molecular weight excluding hydrogens is 296 g/mol. The largest absolute Gasteiger partial charge is 0.454 e. The minimum Gasteiger partial charge on any atom is -0.454 e. The van der Waals surface area contributed by atoms with Gasteiger partial charge in [-0.3, -0.25) is 4.79 Å². The van der Waals surface area contributed by atoms with Crippen LogP contribution in [-0.4, -0.2) is 51.0 Å². The van der Waals surface area contributed by atoms with Gasteiger partial charge in [-0.15, -0.1) is 0 Å². The zero-order chi connectivity index (χ0) is 16.1. The normalized spacial score (nSPS) is 19.6. The zero-order valence-electron chi connectivity index (χ0n) is 13.5. The van der Waals surface area contributed by atoms with Crippen LogP contribution in [0.2, 0.25) is 0 Å². The van der Waals surface area contributed by atoms with Gasteiger partial charge in [-0.25, -0.2) is 0 Å². The van der Waals surface area contributed by atoms with Crippen LogP contribution in [0.1, 0.15) is 18.4 Å². The van der Waals surface area contributed by atoms with Gasteiger partial charge in [0, 0.05) is 26.7 Å². The van der Waals surface area contributed by atoms with Gasteiger partial charge in [0.1, 0.15) is 0 Å². The van der Waals surface area contributed by atoms with Crippen molar-refractivity contribution in [1.82, 2.24) is 10.2 Å². The predicted octanol–water partition coefficient (Wildman–Crippen LogP) is 1.39. The van der Waals surface area contributed by atoms with Crippen molar-refractivity contribution in [2.45, 2.75) is 19.4 Å². The SMILES string of the molecule is COCCN(Cc1ccc2c(c1)OCO2)C(=O)C1CCCNC1. The summed E-state index contributed by atoms with van der Waals surface area (Å²) >= 11 is 0. The highest BCUT2D eigenvalue weighted by atomic mass is 16.7. The quantitative estimate of drug-likeness (QED) is 0.858. The highest BCUT2D eigenvalue weighted by molar-refractivity contribution is 5.79. The summed E-state index contributed by atoms with van der Waals surface area (Å²) in [6.07, 6.45) is 2.01. The topological polar surface area (TPSA) is 60.0 Å². The van der Waals surface area contributed by atoms with Crippen molar-refractivity contribution >= 4 is 5.91 Å². The summed E-state index contributed by atoms with van der Waals surface area (Å²) in [5.41, 5.74) is 1.04. The van der Waals surface area contributed by atoms with E-state index in [4.69, 9.17) is 14.2 Å². The summed E-state index contributed by atoms with van der Waals surface area (Å²) in [5.74, 6) is 1.78. The molecule has 0 bridgehead atoms. The van der Waals surface area contributed by atoms with Gasteiger partial charge in [-0.05, 0) is 37.1 Å². The molecule has 1 fully saturated rings. The van der Waals surface area contributed by atoms with E-state index >= 15 is 0 Å². The summed E-state index contributed by atoms with van der Waals surface area (Å²) in [4.78, 5) is 14.7. The van der Waals surface area contributed by atoms with Crippen LogP contribution >= 0.6 is 0 Å². The first kappa shape index (κ1) is 16.1. The number of rotatable bonds is 6. The minimum absolute atomic E-state index is 0.0645. The number of hydrogen-bond donors (Lipinski definition) is 1. The molecule has 0 saturated carbocycles. The lowest BCUT2D eigenvalue weighted by atomic mass is 9.98. The predicted molar refractivity (Wildman–Crippen MR) is 85.5 cm³/mol. The second kappa shape index (κ2) is 7.66. The Kier molecular flexibility index (Phi) is 5.35. The second-order valence-corrected chi connectivity index (χ2v) is 5.98. The number of nitrogens with zero attached hydrogens (tertiary/aromatic N) is 1. The summed E-state index contributed by atoms with van der Waals surface area (Å²) in [6.45, 7) is 3.73. The van der Waals surface area contributed by atoms with Gasteiger partial charge in [-0.2, -0.15) is 0 Å². The number of nitrogens with one attached hydrogen (secondary N) is 1. The van der Waals surface area contributed by atoms with Gasteiger partial charge in [0.2, 0.25) is 12.7 Å². The Hall–Kier alpha value is -1.79. The van der Waals surface area contributed by atoms with Crippen LogP contribution in [-0.2, 0) is 16.1 Å². The fourth-order valence-electron chi connectivity index (χ4n) is 3.05. The summed E-state index contributed by atoms with van der Waals surface area (Å²) in [7, 11) is 1.66. The van der Waals surface area contributed by atoms with Crippen molar-refractivity contribution in [2.75, 3.05) is 40.1 Å². The highest BCUT2D eigenvalue weighted by Gasteiger charge is 2.26. The molecule has 6 heteroatoms. The summed E-state index contributed by atoms with van der Waals surface area (Å²) < 4.78 is 15.9. The smallest absolute Gasteiger partial charge is 0.231 e. The van der Waals surface area contributed by atoms with Crippen LogP contribution in [0.3, 0.4) is 0 Å². The standard InChI is InChI=1S/C17H24N2O4/c1-21-8-7-19(17(20)14-3-2-6-18-10-14)11-13-4-5-15-16(9-13)23-12-22-15/h4-5,9,14,18H,2-3,6-8,10-12H2,1H3. The van der Waals surface area contributed by atoms with E-state index in [0.29, 0.717) is 19.7 Å². The Labute approximate surface area is 136 Å². The van der Waals surface area contributed by atoms with Crippen LogP contribution in [0.25, 0.3) is 0 Å². The van der Waals surface area contributed by atoms with Crippen molar-refractivity contribution < 1.29 is 19.0 Å². The van der Waals surface area contributed by atoms with Crippen molar-refractivity contribution in [2.24, 2.45) is 5.92 Å². The minimum atomic E-state index is 0.0645. The van der Waals surface area contributed by atoms with Gasteiger partial charge in [0.05, 0.1) is 12.5 Å². The van der Waals surface area contributed by atoms with E-state index in [1.807, 2.05) is 23.1 Å². The molecule has 1 atom stereocenters. The second-order valence-electron chi connectivity index (χ2n) is 5.98. The van der Waals surface area contributed by atoms with Crippen molar-refractivity contribution in [3.63, 3.8) is 0 Å². The lowest BCUT2D eigenvalue weighted by Crippen LogP contribution is -2.43. The van der Waals surface area contributed by atoms with E-state index in [-0.39, 0.29) is 18.6 Å². The molecule has 2 aliphatic rings. The molecule has 23 heavy (non-hydrogen) atoms. The average molecular weight is 320 g/mol. The van der Waals surface area contributed by atoms with E-state index in [1.54, 1.807) is 7.11 Å². The Balaban J connectivity index is 1.69. The Bertz CT molecular complexity index is 543. The lowest BCUT2D eigenvalue weighted by molar-refractivity contribution is -0.137. The number of piperidine rings is 1. The van der Waals surface area contributed by atoms with E-state index in [1.165, 1.54) is 0 Å². The molecule has 1 saturated heterocycles. The number of methoxy groups -OCH3 is 1. The van der Waals surface area contributed by atoms with Gasteiger partial charge < -0.3 is 24.4 Å². The van der Waals surface area contributed by atoms with Gasteiger partial charge in [0.15, 0.2) is 11.5 Å². The van der Waals surface area contributed by atoms with Gasteiger partial charge in [0.25, 0.3) is 0 Å². The molecule has 2 aliphatic heterocycles. The Morgan fingerprint density at radius 2 is 2.26 bits per heavy atom. The van der Waals surface area contributed by atoms with Crippen LogP contribution in [0.15, 0.2) is 18.2 Å². The van der Waals surface area contributed by atoms with Crippen LogP contribution in [0, 0.1) is 5.92 Å². The summed E-state index contributed by atoms with van der Waals surface area (Å²) in [6, 6.07) is 5.84. The fraction of sp³-hybridized carbons (Fsp3) is 0.588. The van der Waals surface area contributed by atoms with Crippen LogP contribution in [0.4, 0.5) is 0 Å². The lowest BCUT2D eigenvalue weighted by Gasteiger charge is -2.29. The fourth-order valence-corrected chi connectivity index (χ4v) is 3.05. The first-order valence-corrected chi connectivity index (χ1v) is 8.15. The molecular formula is C17H24N2O4. The molecule has 126 valence electrons. The molecule has 3 rings (SSSR count). The van der Waals surface area contributed by atoms with Crippen molar-refractivity contribution in [1.29, 1.82) is 0 Å². The van der Waals surface area contributed by atoms with Crippen molar-refractivity contribution in [3.05, 3.63) is 23.8 Å². The maximum absolute atomic E-state index is 12.8. The Morgan fingerprint density at radius 3 is 3.04 bits per heavy atom. The molecule has 0 aliphatic carbocycles. The summed E-state index contributed by atoms with van der Waals surface area (Å²) in [5, 5.41) is 3.31. The average Bonchev–Trinajstić information content (AvgIpc) is 3.06. The highest BCUT2D eigenvalue weighted by Crippen LogP contribution is 2.33. The Morgan fingerprint density at radius 1 is 1.39 bits per heavy atom. The van der Waals surface area contributed by atoms with E-state index in [9.17, 15) is 4.79 Å². The maximum Gasteiger partial charge on any atom is 0.231 e. The molecule has 1 aromatic carbocycles. The number of ether oxygens (including phenoxy) is 3. The number of carbonyl (C=O) groups excluding carboxylic acids is 1. The van der Waals surface area contributed by atoms with Gasteiger partial charge in [-0.1, -0.05) is 6.07 Å². The zero-order valence-corrected chi connectivity index (χ0v) is 13.5. The number of hydrogen-bond acceptors (Lipinski definition) is 5. The molecule has 1 amide bonds. The van der Waals surface area contributed by atoms with E-state index in [0.717, 1.165) is 43.0 Å². The number of amides is 1. The third-order valence-corrected chi connectivity index (χ3v) is 4.33. The van der Waals surface area contributed by atoms with E-state index in [2.05, 4.69) is 5.32 Å². The monoisotopic (exact) mass is 320 g/mol. The first-order chi connectivity index (χ1) is 11.3. The van der Waals surface area contributed by atoms with Gasteiger partial charge >= 0.3 is 0 Å². The molecule has 2 heterocycles. The van der Waals surface area contributed by atoms with Crippen LogP contribution in [0.5, 0.6) is 11.5 Å². The number of benzene rings is 1.